The Morgan fingerprint density at radius 2 is 2.44 bits per heavy atom. The number of carbonyl (C=O) groups excluding carboxylic acids is 1. The summed E-state index contributed by atoms with van der Waals surface area (Å²) in [5.74, 6) is 0.230. The number of aliphatic hydroxyl groups is 1. The highest BCUT2D eigenvalue weighted by atomic mass is 16.6. The lowest BCUT2D eigenvalue weighted by Crippen LogP contribution is -2.10. The highest BCUT2D eigenvalue weighted by Gasteiger charge is 2.14. The van der Waals surface area contributed by atoms with E-state index in [4.69, 9.17) is 9.47 Å². The highest BCUT2D eigenvalue weighted by Crippen LogP contribution is 2.16. The zero-order valence-corrected chi connectivity index (χ0v) is 9.73. The minimum absolute atomic E-state index is 0.0388. The van der Waals surface area contributed by atoms with Gasteiger partial charge in [-0.3, -0.25) is 4.79 Å². The third kappa shape index (κ3) is 3.96. The molecule has 0 aromatic carbocycles. The summed E-state index contributed by atoms with van der Waals surface area (Å²) in [5.41, 5.74) is 0. The second kappa shape index (κ2) is 6.20. The van der Waals surface area contributed by atoms with Gasteiger partial charge in [0.15, 0.2) is 5.76 Å². The fourth-order valence-corrected chi connectivity index (χ4v) is 1.23. The zero-order chi connectivity index (χ0) is 12.0. The Bertz CT molecular complexity index is 304. The van der Waals surface area contributed by atoms with Crippen LogP contribution in [-0.2, 0) is 14.3 Å². The predicted octanol–water partition coefficient (Wildman–Crippen LogP) is 2.67. The van der Waals surface area contributed by atoms with Gasteiger partial charge in [-0.25, -0.2) is 0 Å². The van der Waals surface area contributed by atoms with Gasteiger partial charge in [-0.15, -0.1) is 0 Å². The van der Waals surface area contributed by atoms with E-state index in [0.29, 0.717) is 18.9 Å². The Morgan fingerprint density at radius 3 is 3.06 bits per heavy atom. The quantitative estimate of drug-likeness (QED) is 0.732. The molecule has 0 saturated heterocycles. The van der Waals surface area contributed by atoms with Crippen LogP contribution in [0.25, 0.3) is 0 Å². The van der Waals surface area contributed by atoms with E-state index in [0.717, 1.165) is 12.8 Å². The first-order valence-corrected chi connectivity index (χ1v) is 5.55. The average Bonchev–Trinajstić information content (AvgIpc) is 2.29. The number of ether oxygens (including phenoxy) is 2. The smallest absolute Gasteiger partial charge is 0.311 e. The molecular weight excluding hydrogens is 208 g/mol. The molecule has 0 fully saturated rings. The van der Waals surface area contributed by atoms with Gasteiger partial charge in [0.1, 0.15) is 12.9 Å². The molecule has 1 rings (SSSR count). The van der Waals surface area contributed by atoms with Gasteiger partial charge in [0.2, 0.25) is 5.76 Å². The molecule has 90 valence electrons. The second-order valence-electron chi connectivity index (χ2n) is 3.93. The van der Waals surface area contributed by atoms with Crippen LogP contribution in [0.5, 0.6) is 0 Å². The van der Waals surface area contributed by atoms with Crippen molar-refractivity contribution < 1.29 is 19.4 Å². The van der Waals surface area contributed by atoms with Crippen molar-refractivity contribution in [2.75, 3.05) is 6.61 Å². The number of aliphatic hydroxyl groups excluding tert-OH is 1. The van der Waals surface area contributed by atoms with Crippen LogP contribution >= 0.6 is 0 Å². The molecule has 0 saturated carbocycles. The molecule has 1 aliphatic heterocycles. The molecule has 0 aromatic rings. The van der Waals surface area contributed by atoms with Gasteiger partial charge in [0.05, 0.1) is 0 Å². The minimum Gasteiger partial charge on any atom is -0.504 e. The third-order valence-electron chi connectivity index (χ3n) is 2.58. The summed E-state index contributed by atoms with van der Waals surface area (Å²) in [7, 11) is 0. The molecule has 0 amide bonds. The summed E-state index contributed by atoms with van der Waals surface area (Å²) in [6.07, 6.45) is 4.92. The van der Waals surface area contributed by atoms with E-state index in [1.54, 1.807) is 0 Å². The fraction of sp³-hybridized carbons (Fsp3) is 0.583. The number of hydrogen-bond acceptors (Lipinski definition) is 4. The molecule has 1 atom stereocenters. The second-order valence-corrected chi connectivity index (χ2v) is 3.93. The van der Waals surface area contributed by atoms with Gasteiger partial charge in [0, 0.05) is 6.42 Å². The SMILES string of the molecule is CCC(C)CCC(=O)OC1=COCC=C1O. The van der Waals surface area contributed by atoms with E-state index < -0.39 is 0 Å². The summed E-state index contributed by atoms with van der Waals surface area (Å²) < 4.78 is 9.90. The maximum Gasteiger partial charge on any atom is 0.311 e. The Morgan fingerprint density at radius 1 is 1.69 bits per heavy atom. The Labute approximate surface area is 95.6 Å². The van der Waals surface area contributed by atoms with Crippen molar-refractivity contribution in [1.29, 1.82) is 0 Å². The lowest BCUT2D eigenvalue weighted by Gasteiger charge is -2.12. The van der Waals surface area contributed by atoms with E-state index in [1.165, 1.54) is 12.3 Å². The summed E-state index contributed by atoms with van der Waals surface area (Å²) in [4.78, 5) is 11.4. The van der Waals surface area contributed by atoms with E-state index in [9.17, 15) is 9.90 Å². The molecule has 1 heterocycles. The monoisotopic (exact) mass is 226 g/mol. The molecule has 1 N–H and O–H groups in total. The normalized spacial score (nSPS) is 16.9. The summed E-state index contributed by atoms with van der Waals surface area (Å²) in [6.45, 7) is 4.48. The predicted molar refractivity (Wildman–Crippen MR) is 59.5 cm³/mol. The fourth-order valence-electron chi connectivity index (χ4n) is 1.23. The van der Waals surface area contributed by atoms with Crippen LogP contribution in [0.15, 0.2) is 23.9 Å². The first-order valence-electron chi connectivity index (χ1n) is 5.55. The lowest BCUT2D eigenvalue weighted by molar-refractivity contribution is -0.140. The van der Waals surface area contributed by atoms with Gasteiger partial charge in [-0.1, -0.05) is 20.3 Å². The number of hydrogen-bond donors (Lipinski definition) is 1. The molecule has 1 unspecified atom stereocenters. The molecule has 4 heteroatoms. The number of rotatable bonds is 5. The molecule has 0 bridgehead atoms. The molecule has 0 radical (unpaired) electrons. The van der Waals surface area contributed by atoms with Gasteiger partial charge >= 0.3 is 5.97 Å². The first kappa shape index (κ1) is 12.6. The zero-order valence-electron chi connectivity index (χ0n) is 9.73. The van der Waals surface area contributed by atoms with Gasteiger partial charge < -0.3 is 14.6 Å². The van der Waals surface area contributed by atoms with E-state index >= 15 is 0 Å². The summed E-state index contributed by atoms with van der Waals surface area (Å²) >= 11 is 0. The Hall–Kier alpha value is -1.45. The van der Waals surface area contributed by atoms with E-state index in [1.807, 2.05) is 0 Å². The Balaban J connectivity index is 2.34. The number of carbonyl (C=O) groups is 1. The maximum absolute atomic E-state index is 11.4. The van der Waals surface area contributed by atoms with Crippen LogP contribution in [0.2, 0.25) is 0 Å². The van der Waals surface area contributed by atoms with Crippen molar-refractivity contribution >= 4 is 5.97 Å². The van der Waals surface area contributed by atoms with Gasteiger partial charge in [-0.05, 0) is 18.4 Å². The highest BCUT2D eigenvalue weighted by molar-refractivity contribution is 5.71. The van der Waals surface area contributed by atoms with Crippen molar-refractivity contribution in [2.24, 2.45) is 5.92 Å². The van der Waals surface area contributed by atoms with Crippen molar-refractivity contribution in [1.82, 2.24) is 0 Å². The maximum atomic E-state index is 11.4. The van der Waals surface area contributed by atoms with Crippen LogP contribution < -0.4 is 0 Å². The number of esters is 1. The average molecular weight is 226 g/mol. The lowest BCUT2D eigenvalue weighted by atomic mass is 10.0. The van der Waals surface area contributed by atoms with E-state index in [2.05, 4.69) is 13.8 Å². The standard InChI is InChI=1S/C12H18O4/c1-3-9(2)4-5-12(14)16-11-8-15-7-6-10(11)13/h6,8-9,13H,3-5,7H2,1-2H3. The largest absolute Gasteiger partial charge is 0.504 e. The molecule has 0 spiro atoms. The van der Waals surface area contributed by atoms with Crippen LogP contribution in [0.3, 0.4) is 0 Å². The van der Waals surface area contributed by atoms with Crippen LogP contribution in [0.1, 0.15) is 33.1 Å². The first-order chi connectivity index (χ1) is 7.63. The van der Waals surface area contributed by atoms with Crippen LogP contribution in [0.4, 0.5) is 0 Å². The van der Waals surface area contributed by atoms with Crippen molar-refractivity contribution in [2.45, 2.75) is 33.1 Å². The van der Waals surface area contributed by atoms with Gasteiger partial charge in [0.25, 0.3) is 0 Å². The topological polar surface area (TPSA) is 55.8 Å². The Kier molecular flexibility index (Phi) is 4.89. The molecule has 0 aliphatic carbocycles. The van der Waals surface area contributed by atoms with Crippen LogP contribution in [0, 0.1) is 5.92 Å². The minimum atomic E-state index is -0.336. The van der Waals surface area contributed by atoms with Crippen LogP contribution in [-0.4, -0.2) is 17.7 Å². The molecule has 4 nitrogen and oxygen atoms in total. The molecule has 16 heavy (non-hydrogen) atoms. The van der Waals surface area contributed by atoms with Gasteiger partial charge in [-0.2, -0.15) is 0 Å². The molecular formula is C12H18O4. The molecule has 0 aromatic heterocycles. The summed E-state index contributed by atoms with van der Waals surface area (Å²) in [5, 5.41) is 9.38. The summed E-state index contributed by atoms with van der Waals surface area (Å²) in [6, 6.07) is 0. The van der Waals surface area contributed by atoms with E-state index in [-0.39, 0.29) is 17.5 Å². The van der Waals surface area contributed by atoms with Crippen molar-refractivity contribution in [3.05, 3.63) is 23.9 Å². The molecule has 1 aliphatic rings. The third-order valence-corrected chi connectivity index (χ3v) is 2.58. The van der Waals surface area contributed by atoms with Crippen molar-refractivity contribution in [3.8, 4) is 0 Å². The van der Waals surface area contributed by atoms with Crippen molar-refractivity contribution in [3.63, 3.8) is 0 Å².